The first-order valence-electron chi connectivity index (χ1n) is 11.6. The van der Waals surface area contributed by atoms with E-state index in [4.69, 9.17) is 4.74 Å². The second-order valence-electron chi connectivity index (χ2n) is 9.34. The van der Waals surface area contributed by atoms with Crippen molar-refractivity contribution in [3.05, 3.63) is 99.8 Å². The third-order valence-electron chi connectivity index (χ3n) is 5.81. The summed E-state index contributed by atoms with van der Waals surface area (Å²) in [6.45, 7) is 9.21. The van der Waals surface area contributed by atoms with Gasteiger partial charge in [0.15, 0.2) is 0 Å². The maximum absolute atomic E-state index is 12.7. The Morgan fingerprint density at radius 1 is 0.971 bits per heavy atom. The zero-order chi connectivity index (χ0) is 25.0. The topological polar surface area (TPSA) is 85.2 Å². The van der Waals surface area contributed by atoms with Gasteiger partial charge in [0.2, 0.25) is 5.95 Å². The van der Waals surface area contributed by atoms with Crippen LogP contribution in [0.2, 0.25) is 0 Å². The largest absolute Gasteiger partial charge is 0.489 e. The van der Waals surface area contributed by atoms with Gasteiger partial charge in [-0.2, -0.15) is 0 Å². The summed E-state index contributed by atoms with van der Waals surface area (Å²) in [5.74, 6) is 0.751. The maximum Gasteiger partial charge on any atom is 0.269 e. The van der Waals surface area contributed by atoms with Gasteiger partial charge in [0.1, 0.15) is 12.4 Å². The van der Waals surface area contributed by atoms with Crippen LogP contribution in [-0.2, 0) is 18.6 Å². The molecule has 1 heterocycles. The Morgan fingerprint density at radius 3 is 2.31 bits per heavy atom. The highest BCUT2D eigenvalue weighted by atomic mass is 16.5. The molecule has 0 saturated heterocycles. The fourth-order valence-corrected chi connectivity index (χ4v) is 3.71. The normalized spacial score (nSPS) is 11.3. The van der Waals surface area contributed by atoms with Crippen molar-refractivity contribution < 1.29 is 9.53 Å². The molecule has 0 atom stereocenters. The number of ether oxygens (including phenoxy) is 1. The molecule has 1 aromatic heterocycles. The van der Waals surface area contributed by atoms with E-state index in [0.29, 0.717) is 29.6 Å². The van der Waals surface area contributed by atoms with E-state index in [0.717, 1.165) is 11.3 Å². The lowest BCUT2D eigenvalue weighted by Crippen LogP contribution is -2.34. The lowest BCUT2D eigenvalue weighted by molar-refractivity contribution is 0.0962. The van der Waals surface area contributed by atoms with Crippen LogP contribution in [0.15, 0.2) is 77.6 Å². The Kier molecular flexibility index (Phi) is 6.87. The predicted molar refractivity (Wildman–Crippen MR) is 139 cm³/mol. The van der Waals surface area contributed by atoms with Crippen LogP contribution in [0, 0.1) is 0 Å². The summed E-state index contributed by atoms with van der Waals surface area (Å²) >= 11 is 0. The van der Waals surface area contributed by atoms with Gasteiger partial charge in [-0.1, -0.05) is 57.2 Å². The minimum Gasteiger partial charge on any atom is -0.489 e. The molecule has 7 heteroatoms. The zero-order valence-corrected chi connectivity index (χ0v) is 20.5. The van der Waals surface area contributed by atoms with Crippen molar-refractivity contribution in [1.82, 2.24) is 15.0 Å². The second-order valence-corrected chi connectivity index (χ2v) is 9.34. The summed E-state index contributed by atoms with van der Waals surface area (Å²) in [6, 6.07) is 22.4. The number of amides is 1. The molecule has 0 aliphatic carbocycles. The Morgan fingerprint density at radius 2 is 1.66 bits per heavy atom. The lowest BCUT2D eigenvalue weighted by atomic mass is 9.87. The number of hydrogen-bond acceptors (Lipinski definition) is 5. The van der Waals surface area contributed by atoms with Gasteiger partial charge >= 0.3 is 0 Å². The zero-order valence-electron chi connectivity index (χ0n) is 20.5. The van der Waals surface area contributed by atoms with Gasteiger partial charge < -0.3 is 4.74 Å². The summed E-state index contributed by atoms with van der Waals surface area (Å²) < 4.78 is 7.37. The highest BCUT2D eigenvalue weighted by molar-refractivity contribution is 5.94. The van der Waals surface area contributed by atoms with Crippen LogP contribution in [0.5, 0.6) is 5.75 Å². The van der Waals surface area contributed by atoms with Gasteiger partial charge in [-0.3, -0.25) is 25.0 Å². The molecule has 0 spiro atoms. The van der Waals surface area contributed by atoms with Crippen LogP contribution in [-0.4, -0.2) is 15.5 Å². The molecule has 0 radical (unpaired) electrons. The Bertz CT molecular complexity index is 1390. The van der Waals surface area contributed by atoms with E-state index >= 15 is 0 Å². The number of hydrazine groups is 1. The highest BCUT2D eigenvalue weighted by Crippen LogP contribution is 2.24. The van der Waals surface area contributed by atoms with Crippen molar-refractivity contribution >= 4 is 22.8 Å². The minimum absolute atomic E-state index is 0.0994. The molecule has 3 aromatic carbocycles. The maximum atomic E-state index is 12.7. The average molecular weight is 471 g/mol. The monoisotopic (exact) mass is 470 g/mol. The average Bonchev–Trinajstić information content (AvgIpc) is 2.86. The third-order valence-corrected chi connectivity index (χ3v) is 5.81. The van der Waals surface area contributed by atoms with E-state index in [1.807, 2.05) is 37.3 Å². The van der Waals surface area contributed by atoms with E-state index in [1.54, 1.807) is 30.3 Å². The third kappa shape index (κ3) is 5.51. The smallest absolute Gasteiger partial charge is 0.269 e. The first kappa shape index (κ1) is 24.0. The van der Waals surface area contributed by atoms with Crippen molar-refractivity contribution in [2.75, 3.05) is 5.43 Å². The Balaban J connectivity index is 1.38. The molecule has 0 aliphatic rings. The van der Waals surface area contributed by atoms with Crippen LogP contribution >= 0.6 is 0 Å². The lowest BCUT2D eigenvalue weighted by Gasteiger charge is -2.19. The van der Waals surface area contributed by atoms with Crippen LogP contribution in [0.25, 0.3) is 10.9 Å². The quantitative estimate of drug-likeness (QED) is 0.369. The molecular formula is C28H30N4O3. The molecular weight excluding hydrogens is 440 g/mol. The number of aromatic nitrogens is 2. The minimum atomic E-state index is -0.333. The van der Waals surface area contributed by atoms with Gasteiger partial charge in [0, 0.05) is 12.1 Å². The molecule has 4 rings (SSSR count). The summed E-state index contributed by atoms with van der Waals surface area (Å²) in [5.41, 5.74) is 8.62. The summed E-state index contributed by atoms with van der Waals surface area (Å²) in [6.07, 6.45) is 0. The number of carbonyl (C=O) groups excluding carboxylic acids is 1. The van der Waals surface area contributed by atoms with Crippen molar-refractivity contribution in [3.8, 4) is 5.75 Å². The Hall–Kier alpha value is -4.13. The van der Waals surface area contributed by atoms with E-state index in [2.05, 4.69) is 48.7 Å². The molecule has 0 aliphatic heterocycles. The molecule has 0 bridgehead atoms. The van der Waals surface area contributed by atoms with Crippen LogP contribution in [0.4, 0.5) is 5.95 Å². The number of rotatable bonds is 7. The number of fused-ring (bicyclic) bond motifs is 1. The van der Waals surface area contributed by atoms with Gasteiger partial charge in [-0.25, -0.2) is 4.98 Å². The highest BCUT2D eigenvalue weighted by Gasteiger charge is 2.13. The molecule has 0 unspecified atom stereocenters. The first-order valence-corrected chi connectivity index (χ1v) is 11.6. The van der Waals surface area contributed by atoms with Crippen LogP contribution < -0.4 is 21.1 Å². The number of anilines is 1. The molecule has 35 heavy (non-hydrogen) atoms. The molecule has 1 amide bonds. The molecule has 2 N–H and O–H groups in total. The number of nitrogens with one attached hydrogen (secondary N) is 2. The predicted octanol–water partition coefficient (Wildman–Crippen LogP) is 5.05. The number of para-hydroxylation sites is 1. The fraction of sp³-hybridized carbons (Fsp3) is 0.250. The first-order chi connectivity index (χ1) is 16.8. The van der Waals surface area contributed by atoms with Crippen LogP contribution in [0.3, 0.4) is 0 Å². The van der Waals surface area contributed by atoms with Crippen molar-refractivity contribution in [2.45, 2.75) is 46.3 Å². The number of hydrogen-bond donors (Lipinski definition) is 2. The van der Waals surface area contributed by atoms with Crippen molar-refractivity contribution in [3.63, 3.8) is 0 Å². The number of nitrogens with zero attached hydrogens (tertiary/aromatic N) is 2. The molecule has 0 fully saturated rings. The molecule has 4 aromatic rings. The SMILES string of the molecule is CCn1c(NNC(=O)c2ccc(COc3ccc(C(C)(C)C)cc3)cc2)nc2ccccc2c1=O. The second kappa shape index (κ2) is 10.0. The molecule has 0 saturated carbocycles. The van der Waals surface area contributed by atoms with Gasteiger partial charge in [0.25, 0.3) is 11.5 Å². The molecule has 180 valence electrons. The summed E-state index contributed by atoms with van der Waals surface area (Å²) in [4.78, 5) is 29.8. The molecule has 7 nitrogen and oxygen atoms in total. The Labute approximate surface area is 204 Å². The van der Waals surface area contributed by atoms with Crippen molar-refractivity contribution in [2.24, 2.45) is 0 Å². The standard InChI is InChI=1S/C28H30N4O3/c1-5-32-26(34)23-8-6-7-9-24(23)29-27(32)31-30-25(33)20-12-10-19(11-13-20)18-35-22-16-14-21(15-17-22)28(2,3)4/h6-17H,5,18H2,1-4H3,(H,29,31)(H,30,33). The van der Waals surface area contributed by atoms with Crippen molar-refractivity contribution in [1.29, 1.82) is 0 Å². The van der Waals surface area contributed by atoms with Crippen LogP contribution in [0.1, 0.15) is 49.2 Å². The van der Waals surface area contributed by atoms with Gasteiger partial charge in [-0.05, 0) is 59.9 Å². The number of benzene rings is 3. The summed E-state index contributed by atoms with van der Waals surface area (Å²) in [5, 5.41) is 0.536. The summed E-state index contributed by atoms with van der Waals surface area (Å²) in [7, 11) is 0. The van der Waals surface area contributed by atoms with E-state index in [1.165, 1.54) is 10.1 Å². The number of carbonyl (C=O) groups is 1. The van der Waals surface area contributed by atoms with E-state index in [9.17, 15) is 9.59 Å². The fourth-order valence-electron chi connectivity index (χ4n) is 3.71. The van der Waals surface area contributed by atoms with Gasteiger partial charge in [-0.15, -0.1) is 0 Å². The van der Waals surface area contributed by atoms with E-state index < -0.39 is 0 Å². The van der Waals surface area contributed by atoms with Gasteiger partial charge in [0.05, 0.1) is 10.9 Å². The van der Waals surface area contributed by atoms with E-state index in [-0.39, 0.29) is 22.8 Å².